The molecule has 0 saturated carbocycles. The van der Waals surface area contributed by atoms with Gasteiger partial charge in [-0.15, -0.1) is 0 Å². The van der Waals surface area contributed by atoms with Gasteiger partial charge in [-0.05, 0) is 82.3 Å². The van der Waals surface area contributed by atoms with Gasteiger partial charge in [0.2, 0.25) is 10.0 Å². The average Bonchev–Trinajstić information content (AvgIpc) is 2.63. The third-order valence-electron chi connectivity index (χ3n) is 5.22. The fourth-order valence-electron chi connectivity index (χ4n) is 3.29. The van der Waals surface area contributed by atoms with Gasteiger partial charge in [0, 0.05) is 5.56 Å². The van der Waals surface area contributed by atoms with Crippen LogP contribution in [0.2, 0.25) is 0 Å². The highest BCUT2D eigenvalue weighted by atomic mass is 32.2. The second-order valence-corrected chi connectivity index (χ2v) is 9.35. The molecule has 3 N–H and O–H groups in total. The maximum Gasteiger partial charge on any atom is 0.269 e. The lowest BCUT2D eigenvalue weighted by molar-refractivity contribution is -0.123. The number of sulfonamides is 1. The summed E-state index contributed by atoms with van der Waals surface area (Å²) in [4.78, 5) is 24.9. The third kappa shape index (κ3) is 5.06. The maximum atomic E-state index is 13.0. The van der Waals surface area contributed by atoms with Gasteiger partial charge in [-0.25, -0.2) is 8.42 Å². The van der Waals surface area contributed by atoms with Crippen molar-refractivity contribution in [2.24, 2.45) is 0 Å². The first-order valence-corrected chi connectivity index (χ1v) is 11.1. The average molecular weight is 432 g/mol. The predicted octanol–water partition coefficient (Wildman–Crippen LogP) is 2.67. The standard InChI is InChI=1S/C22H29N3O4S/c1-12-8-9-19(15(4)10-12)22(27)24-23-21(26)18(7)25-30(28,29)20-16(5)13(2)11-14(3)17(20)6/h8-11,18,25H,1-7H3,(H,23,26)(H,24,27)/t18-/m0/s1. The third-order valence-corrected chi connectivity index (χ3v) is 7.03. The Morgan fingerprint density at radius 1 is 0.833 bits per heavy atom. The highest BCUT2D eigenvalue weighted by molar-refractivity contribution is 7.89. The quantitative estimate of drug-likeness (QED) is 0.633. The summed E-state index contributed by atoms with van der Waals surface area (Å²) in [6.07, 6.45) is 0. The first-order valence-electron chi connectivity index (χ1n) is 9.62. The number of carbonyl (C=O) groups excluding carboxylic acids is 2. The van der Waals surface area contributed by atoms with Gasteiger partial charge in [0.25, 0.3) is 11.8 Å². The van der Waals surface area contributed by atoms with E-state index in [1.807, 2.05) is 32.9 Å². The molecule has 0 heterocycles. The Kier molecular flexibility index (Phi) is 7.05. The fourth-order valence-corrected chi connectivity index (χ4v) is 5.11. The summed E-state index contributed by atoms with van der Waals surface area (Å²) in [7, 11) is -3.94. The molecule has 2 rings (SSSR count). The molecule has 0 bridgehead atoms. The van der Waals surface area contributed by atoms with Crippen LogP contribution in [0.4, 0.5) is 0 Å². The highest BCUT2D eigenvalue weighted by Gasteiger charge is 2.26. The Bertz CT molecular complexity index is 1080. The molecule has 2 aromatic carbocycles. The molecule has 2 amide bonds. The molecule has 0 saturated heterocycles. The summed E-state index contributed by atoms with van der Waals surface area (Å²) >= 11 is 0. The number of benzene rings is 2. The number of aryl methyl sites for hydroxylation is 4. The number of carbonyl (C=O) groups is 2. The van der Waals surface area contributed by atoms with Crippen LogP contribution in [-0.2, 0) is 14.8 Å². The molecule has 0 aliphatic rings. The van der Waals surface area contributed by atoms with Crippen LogP contribution in [0.15, 0.2) is 29.2 Å². The van der Waals surface area contributed by atoms with Crippen molar-refractivity contribution < 1.29 is 18.0 Å². The Hall–Kier alpha value is -2.71. The van der Waals surface area contributed by atoms with E-state index < -0.39 is 27.9 Å². The molecule has 0 aliphatic heterocycles. The molecule has 0 spiro atoms. The summed E-state index contributed by atoms with van der Waals surface area (Å²) in [6, 6.07) is 6.18. The van der Waals surface area contributed by atoms with Gasteiger partial charge < -0.3 is 0 Å². The van der Waals surface area contributed by atoms with Gasteiger partial charge in [0.1, 0.15) is 0 Å². The largest absolute Gasteiger partial charge is 0.271 e. The van der Waals surface area contributed by atoms with Gasteiger partial charge in [-0.2, -0.15) is 4.72 Å². The van der Waals surface area contributed by atoms with E-state index in [-0.39, 0.29) is 4.90 Å². The molecule has 162 valence electrons. The first kappa shape index (κ1) is 23.6. The number of amides is 2. The molecule has 1 atom stereocenters. The van der Waals surface area contributed by atoms with Crippen LogP contribution in [0.3, 0.4) is 0 Å². The van der Waals surface area contributed by atoms with Crippen molar-refractivity contribution in [1.29, 1.82) is 0 Å². The minimum atomic E-state index is -3.94. The maximum absolute atomic E-state index is 13.0. The molecule has 7 nitrogen and oxygen atoms in total. The molecule has 0 radical (unpaired) electrons. The smallest absolute Gasteiger partial charge is 0.269 e. The summed E-state index contributed by atoms with van der Waals surface area (Å²) in [5.74, 6) is -1.15. The lowest BCUT2D eigenvalue weighted by Crippen LogP contribution is -2.51. The second-order valence-electron chi connectivity index (χ2n) is 7.69. The van der Waals surface area contributed by atoms with E-state index in [2.05, 4.69) is 15.6 Å². The molecule has 0 unspecified atom stereocenters. The van der Waals surface area contributed by atoms with E-state index in [1.165, 1.54) is 6.92 Å². The normalized spacial score (nSPS) is 12.4. The van der Waals surface area contributed by atoms with Crippen molar-refractivity contribution in [1.82, 2.24) is 15.6 Å². The zero-order valence-corrected chi connectivity index (χ0v) is 19.2. The number of nitrogens with one attached hydrogen (secondary N) is 3. The molecular weight excluding hydrogens is 402 g/mol. The minimum absolute atomic E-state index is 0.180. The van der Waals surface area contributed by atoms with Gasteiger partial charge in [-0.1, -0.05) is 23.8 Å². The molecule has 2 aromatic rings. The van der Waals surface area contributed by atoms with Crippen molar-refractivity contribution >= 4 is 21.8 Å². The second kappa shape index (κ2) is 8.97. The van der Waals surface area contributed by atoms with Crippen molar-refractivity contribution in [2.75, 3.05) is 0 Å². The van der Waals surface area contributed by atoms with Crippen molar-refractivity contribution in [3.8, 4) is 0 Å². The van der Waals surface area contributed by atoms with E-state index in [4.69, 9.17) is 0 Å². The summed E-state index contributed by atoms with van der Waals surface area (Å²) < 4.78 is 28.3. The molecule has 8 heteroatoms. The Morgan fingerprint density at radius 2 is 1.40 bits per heavy atom. The fraction of sp³-hybridized carbons (Fsp3) is 0.364. The topological polar surface area (TPSA) is 104 Å². The van der Waals surface area contributed by atoms with Gasteiger partial charge in [-0.3, -0.25) is 20.4 Å². The molecular formula is C22H29N3O4S. The van der Waals surface area contributed by atoms with E-state index in [0.29, 0.717) is 16.7 Å². The minimum Gasteiger partial charge on any atom is -0.271 e. The molecule has 0 aromatic heterocycles. The number of hydrogen-bond donors (Lipinski definition) is 3. The lowest BCUT2D eigenvalue weighted by Gasteiger charge is -2.19. The first-order chi connectivity index (χ1) is 13.8. The van der Waals surface area contributed by atoms with Crippen LogP contribution in [-0.4, -0.2) is 26.3 Å². The predicted molar refractivity (Wildman–Crippen MR) is 117 cm³/mol. The Morgan fingerprint density at radius 3 is 1.93 bits per heavy atom. The van der Waals surface area contributed by atoms with Crippen LogP contribution in [0.25, 0.3) is 0 Å². The highest BCUT2D eigenvalue weighted by Crippen LogP contribution is 2.26. The van der Waals surface area contributed by atoms with Crippen molar-refractivity contribution in [3.63, 3.8) is 0 Å². The van der Waals surface area contributed by atoms with Crippen molar-refractivity contribution in [2.45, 2.75) is 59.4 Å². The Balaban J connectivity index is 2.11. The van der Waals surface area contributed by atoms with Gasteiger partial charge >= 0.3 is 0 Å². The van der Waals surface area contributed by atoms with Crippen LogP contribution in [0.5, 0.6) is 0 Å². The molecule has 0 aliphatic carbocycles. The number of hydrogen-bond acceptors (Lipinski definition) is 4. The van der Waals surface area contributed by atoms with Crippen LogP contribution in [0.1, 0.15) is 50.7 Å². The monoisotopic (exact) mass is 431 g/mol. The Labute approximate surface area is 178 Å². The number of rotatable bonds is 5. The zero-order chi connectivity index (χ0) is 22.8. The van der Waals surface area contributed by atoms with Crippen molar-refractivity contribution in [3.05, 3.63) is 63.2 Å². The summed E-state index contributed by atoms with van der Waals surface area (Å²) in [5, 5.41) is 0. The van der Waals surface area contributed by atoms with Crippen LogP contribution >= 0.6 is 0 Å². The summed E-state index contributed by atoms with van der Waals surface area (Å²) in [5.41, 5.74) is 9.83. The summed E-state index contributed by atoms with van der Waals surface area (Å²) in [6.45, 7) is 12.3. The van der Waals surface area contributed by atoms with Gasteiger partial charge in [0.15, 0.2) is 0 Å². The van der Waals surface area contributed by atoms with E-state index in [9.17, 15) is 18.0 Å². The van der Waals surface area contributed by atoms with E-state index in [0.717, 1.165) is 22.3 Å². The van der Waals surface area contributed by atoms with E-state index >= 15 is 0 Å². The zero-order valence-electron chi connectivity index (χ0n) is 18.4. The molecule has 0 fully saturated rings. The van der Waals surface area contributed by atoms with Gasteiger partial charge in [0.05, 0.1) is 10.9 Å². The molecule has 30 heavy (non-hydrogen) atoms. The number of hydrazine groups is 1. The lowest BCUT2D eigenvalue weighted by atomic mass is 10.0. The van der Waals surface area contributed by atoms with Crippen LogP contribution < -0.4 is 15.6 Å². The van der Waals surface area contributed by atoms with Crippen LogP contribution in [0, 0.1) is 41.5 Å². The SMILES string of the molecule is Cc1ccc(C(=O)NNC(=O)[C@H](C)NS(=O)(=O)c2c(C)c(C)cc(C)c2C)c(C)c1. The van der Waals surface area contributed by atoms with E-state index in [1.54, 1.807) is 32.9 Å².